The maximum atomic E-state index is 12.4. The van der Waals surface area contributed by atoms with Crippen LogP contribution >= 0.6 is 0 Å². The van der Waals surface area contributed by atoms with E-state index in [1.807, 2.05) is 13.8 Å². The van der Waals surface area contributed by atoms with Crippen LogP contribution in [0.25, 0.3) is 0 Å². The van der Waals surface area contributed by atoms with Crippen LogP contribution in [0.1, 0.15) is 60.0 Å². The summed E-state index contributed by atoms with van der Waals surface area (Å²) in [5.41, 5.74) is 1.90. The molecule has 2 aromatic rings. The summed E-state index contributed by atoms with van der Waals surface area (Å²) >= 11 is 0. The van der Waals surface area contributed by atoms with Gasteiger partial charge >= 0.3 is 5.97 Å². The zero-order chi connectivity index (χ0) is 22.4. The van der Waals surface area contributed by atoms with Crippen LogP contribution in [0.3, 0.4) is 0 Å². The Morgan fingerprint density at radius 3 is 2.65 bits per heavy atom. The van der Waals surface area contributed by atoms with Gasteiger partial charge in [0.25, 0.3) is 5.91 Å². The Balaban J connectivity index is 1.55. The van der Waals surface area contributed by atoms with E-state index in [9.17, 15) is 9.59 Å². The standard InChI is InChI=1S/C23H30N2O6/c1-14-7-5-6-8-19(14)24-22(26)13-30-23(27)17-9-10-20(21(11-17)28-4)29-12-18-15(2)25-31-16(18)3/h9-11,14,19H,5-8,12-13H2,1-4H3,(H,24,26)/t14-,19-/m0/s1. The number of hydrogen-bond donors (Lipinski definition) is 1. The van der Waals surface area contributed by atoms with E-state index in [4.69, 9.17) is 18.7 Å². The molecule has 1 N–H and O–H groups in total. The van der Waals surface area contributed by atoms with E-state index in [1.54, 1.807) is 12.1 Å². The van der Waals surface area contributed by atoms with Crippen molar-refractivity contribution in [1.82, 2.24) is 10.5 Å². The molecular weight excluding hydrogens is 400 g/mol. The summed E-state index contributed by atoms with van der Waals surface area (Å²) in [6.45, 7) is 5.75. The van der Waals surface area contributed by atoms with Gasteiger partial charge < -0.3 is 24.1 Å². The van der Waals surface area contributed by atoms with Gasteiger partial charge in [-0.3, -0.25) is 4.79 Å². The number of esters is 1. The summed E-state index contributed by atoms with van der Waals surface area (Å²) < 4.78 is 21.5. The van der Waals surface area contributed by atoms with E-state index >= 15 is 0 Å². The number of nitrogens with zero attached hydrogens (tertiary/aromatic N) is 1. The van der Waals surface area contributed by atoms with Crippen LogP contribution in [0.15, 0.2) is 22.7 Å². The molecule has 0 bridgehead atoms. The molecule has 0 unspecified atom stereocenters. The SMILES string of the molecule is COc1cc(C(=O)OCC(=O)N[C@H]2CCCC[C@@H]2C)ccc1OCc1c(C)noc1C. The fourth-order valence-corrected chi connectivity index (χ4v) is 3.77. The van der Waals surface area contributed by atoms with E-state index in [-0.39, 0.29) is 30.7 Å². The van der Waals surface area contributed by atoms with Crippen LogP contribution in [0, 0.1) is 19.8 Å². The number of carbonyl (C=O) groups excluding carboxylic acids is 2. The summed E-state index contributed by atoms with van der Waals surface area (Å²) in [7, 11) is 1.49. The molecule has 8 heteroatoms. The van der Waals surface area contributed by atoms with Gasteiger partial charge in [0.05, 0.1) is 23.9 Å². The Bertz CT molecular complexity index is 903. The van der Waals surface area contributed by atoms with Crippen molar-refractivity contribution < 1.29 is 28.3 Å². The van der Waals surface area contributed by atoms with Crippen LogP contribution in [-0.2, 0) is 16.1 Å². The zero-order valence-electron chi connectivity index (χ0n) is 18.5. The predicted molar refractivity (Wildman–Crippen MR) is 113 cm³/mol. The molecule has 168 valence electrons. The zero-order valence-corrected chi connectivity index (χ0v) is 18.5. The summed E-state index contributed by atoms with van der Waals surface area (Å²) in [5.74, 6) is 1.12. The lowest BCUT2D eigenvalue weighted by Crippen LogP contribution is -2.42. The molecular formula is C23H30N2O6. The first-order valence-electron chi connectivity index (χ1n) is 10.6. The second-order valence-corrected chi connectivity index (χ2v) is 7.97. The number of aryl methyl sites for hydroxylation is 2. The average molecular weight is 431 g/mol. The number of ether oxygens (including phenoxy) is 3. The van der Waals surface area contributed by atoms with Crippen molar-refractivity contribution in [3.05, 3.63) is 40.8 Å². The molecule has 1 heterocycles. The third-order valence-corrected chi connectivity index (χ3v) is 5.74. The van der Waals surface area contributed by atoms with Crippen molar-refractivity contribution in [2.75, 3.05) is 13.7 Å². The number of rotatable bonds is 8. The lowest BCUT2D eigenvalue weighted by molar-refractivity contribution is -0.125. The van der Waals surface area contributed by atoms with Crippen LogP contribution in [0.4, 0.5) is 0 Å². The number of nitrogens with one attached hydrogen (secondary N) is 1. The maximum absolute atomic E-state index is 12.4. The highest BCUT2D eigenvalue weighted by Crippen LogP contribution is 2.30. The Morgan fingerprint density at radius 2 is 1.97 bits per heavy atom. The minimum absolute atomic E-state index is 0.147. The molecule has 1 aromatic carbocycles. The minimum Gasteiger partial charge on any atom is -0.493 e. The van der Waals surface area contributed by atoms with Gasteiger partial charge in [-0.25, -0.2) is 4.79 Å². The topological polar surface area (TPSA) is 99.9 Å². The van der Waals surface area contributed by atoms with Gasteiger partial charge in [-0.1, -0.05) is 24.9 Å². The van der Waals surface area contributed by atoms with Crippen molar-refractivity contribution in [3.63, 3.8) is 0 Å². The summed E-state index contributed by atoms with van der Waals surface area (Å²) in [5, 5.41) is 6.88. The molecule has 1 aromatic heterocycles. The van der Waals surface area contributed by atoms with Crippen LogP contribution in [0.2, 0.25) is 0 Å². The maximum Gasteiger partial charge on any atom is 0.338 e. The van der Waals surface area contributed by atoms with Gasteiger partial charge in [-0.05, 0) is 50.8 Å². The van der Waals surface area contributed by atoms with E-state index in [2.05, 4.69) is 17.4 Å². The smallest absolute Gasteiger partial charge is 0.338 e. The van der Waals surface area contributed by atoms with Crippen LogP contribution in [0.5, 0.6) is 11.5 Å². The van der Waals surface area contributed by atoms with Gasteiger partial charge in [0.15, 0.2) is 18.1 Å². The monoisotopic (exact) mass is 430 g/mol. The van der Waals surface area contributed by atoms with Gasteiger partial charge in [-0.2, -0.15) is 0 Å². The number of carbonyl (C=O) groups is 2. The average Bonchev–Trinajstić information content (AvgIpc) is 3.09. The first kappa shape index (κ1) is 22.7. The number of amides is 1. The molecule has 1 amide bonds. The van der Waals surface area contributed by atoms with Crippen molar-refractivity contribution >= 4 is 11.9 Å². The molecule has 1 fully saturated rings. The number of benzene rings is 1. The molecule has 0 spiro atoms. The molecule has 3 rings (SSSR count). The third kappa shape index (κ3) is 5.77. The summed E-state index contributed by atoms with van der Waals surface area (Å²) in [4.78, 5) is 24.6. The second-order valence-electron chi connectivity index (χ2n) is 7.97. The minimum atomic E-state index is -0.595. The van der Waals surface area contributed by atoms with Crippen LogP contribution < -0.4 is 14.8 Å². The van der Waals surface area contributed by atoms with Crippen molar-refractivity contribution in [2.24, 2.45) is 5.92 Å². The summed E-state index contributed by atoms with van der Waals surface area (Å²) in [6, 6.07) is 4.90. The van der Waals surface area contributed by atoms with Gasteiger partial charge in [0, 0.05) is 6.04 Å². The Kier molecular flexibility index (Phi) is 7.55. The summed E-state index contributed by atoms with van der Waals surface area (Å²) in [6.07, 6.45) is 4.38. The lowest BCUT2D eigenvalue weighted by Gasteiger charge is -2.29. The Hall–Kier alpha value is -3.03. The number of methoxy groups -OCH3 is 1. The van der Waals surface area contributed by atoms with E-state index in [0.717, 1.165) is 30.5 Å². The van der Waals surface area contributed by atoms with E-state index < -0.39 is 5.97 Å². The van der Waals surface area contributed by atoms with E-state index in [0.29, 0.717) is 23.2 Å². The fourth-order valence-electron chi connectivity index (χ4n) is 3.77. The highest BCUT2D eigenvalue weighted by atomic mass is 16.5. The lowest BCUT2D eigenvalue weighted by atomic mass is 9.86. The first-order valence-corrected chi connectivity index (χ1v) is 10.6. The van der Waals surface area contributed by atoms with Crippen molar-refractivity contribution in [3.8, 4) is 11.5 Å². The largest absolute Gasteiger partial charge is 0.493 e. The molecule has 1 aliphatic rings. The third-order valence-electron chi connectivity index (χ3n) is 5.74. The van der Waals surface area contributed by atoms with Crippen molar-refractivity contribution in [1.29, 1.82) is 0 Å². The number of hydrogen-bond acceptors (Lipinski definition) is 7. The molecule has 31 heavy (non-hydrogen) atoms. The molecule has 0 radical (unpaired) electrons. The van der Waals surface area contributed by atoms with Gasteiger partial charge in [0.1, 0.15) is 12.4 Å². The second kappa shape index (κ2) is 10.3. The molecule has 0 aliphatic heterocycles. The highest BCUT2D eigenvalue weighted by molar-refractivity contribution is 5.92. The van der Waals surface area contributed by atoms with Gasteiger partial charge in [0.2, 0.25) is 0 Å². The first-order chi connectivity index (χ1) is 14.9. The molecule has 8 nitrogen and oxygen atoms in total. The predicted octanol–water partition coefficient (Wildman–Crippen LogP) is 3.73. The Labute approximate surface area is 182 Å². The normalized spacial score (nSPS) is 18.3. The molecule has 0 saturated heterocycles. The quantitative estimate of drug-likeness (QED) is 0.637. The van der Waals surface area contributed by atoms with Crippen LogP contribution in [-0.4, -0.2) is 36.8 Å². The highest BCUT2D eigenvalue weighted by Gasteiger charge is 2.23. The van der Waals surface area contributed by atoms with Gasteiger partial charge in [-0.15, -0.1) is 0 Å². The fraction of sp³-hybridized carbons (Fsp3) is 0.522. The molecule has 1 aliphatic carbocycles. The van der Waals surface area contributed by atoms with E-state index in [1.165, 1.54) is 19.6 Å². The Morgan fingerprint density at radius 1 is 1.19 bits per heavy atom. The molecule has 1 saturated carbocycles. The molecule has 2 atom stereocenters. The van der Waals surface area contributed by atoms with Crippen molar-refractivity contribution in [2.45, 2.75) is 59.1 Å². The number of aromatic nitrogens is 1.